The molecule has 1 aliphatic rings. The Balaban J connectivity index is 0.00000168. The van der Waals surface area contributed by atoms with Crippen LogP contribution in [-0.2, 0) is 22.6 Å². The van der Waals surface area contributed by atoms with Crippen LogP contribution in [0.5, 0.6) is 11.5 Å². The molecule has 0 atom stereocenters. The minimum atomic E-state index is -3.01. The molecule has 0 saturated heterocycles. The topological polar surface area (TPSA) is 199 Å². The first-order valence-electron chi connectivity index (χ1n) is 10.7. The number of furan rings is 1. The number of benzene rings is 1. The summed E-state index contributed by atoms with van der Waals surface area (Å²) in [6.07, 6.45) is 4.31. The van der Waals surface area contributed by atoms with Gasteiger partial charge in [0.25, 0.3) is 0 Å². The van der Waals surface area contributed by atoms with Crippen molar-refractivity contribution < 1.29 is 92.8 Å². The number of hydrogen-bond acceptors (Lipinski definition) is 12. The molecule has 6 rings (SSSR count). The van der Waals surface area contributed by atoms with Gasteiger partial charge in [-0.15, -0.1) is 5.10 Å². The Kier molecular flexibility index (Phi) is 7.74. The molecule has 0 radical (unpaired) electrons. The number of rotatable bonds is 7. The number of nitrogens with two attached hydrogens (primary N) is 1. The Morgan fingerprint density at radius 2 is 1.79 bits per heavy atom. The Labute approximate surface area is 257 Å². The molecule has 4 aromatic heterocycles. The van der Waals surface area contributed by atoms with Gasteiger partial charge in [-0.25, -0.2) is 9.67 Å². The second kappa shape index (κ2) is 10.6. The molecular formula is C22H15N7Na2O7. The molecule has 0 aliphatic carbocycles. The maximum atomic E-state index is 11.3. The number of aromatic nitrogens is 6. The molecule has 16 heteroatoms. The summed E-state index contributed by atoms with van der Waals surface area (Å²) in [4.78, 5) is 31.5. The van der Waals surface area contributed by atoms with E-state index < -0.39 is 17.7 Å². The zero-order chi connectivity index (χ0) is 25.0. The fourth-order valence-electron chi connectivity index (χ4n) is 4.02. The van der Waals surface area contributed by atoms with Gasteiger partial charge >= 0.3 is 64.9 Å². The third-order valence-corrected chi connectivity index (χ3v) is 5.73. The van der Waals surface area contributed by atoms with E-state index in [0.29, 0.717) is 47.7 Å². The van der Waals surface area contributed by atoms with Crippen molar-refractivity contribution in [2.45, 2.75) is 25.2 Å². The van der Waals surface area contributed by atoms with Gasteiger partial charge in [0.05, 0.1) is 17.8 Å². The number of carbonyl (C=O) groups is 2. The summed E-state index contributed by atoms with van der Waals surface area (Å²) in [5.41, 5.74) is 7.91. The smallest absolute Gasteiger partial charge is 0.542 e. The summed E-state index contributed by atoms with van der Waals surface area (Å²) >= 11 is 0. The van der Waals surface area contributed by atoms with E-state index in [1.807, 2.05) is 0 Å². The van der Waals surface area contributed by atoms with Crippen molar-refractivity contribution in [1.29, 1.82) is 0 Å². The number of carbonyl (C=O) groups excluding carboxylic acids is 2. The second-order valence-electron chi connectivity index (χ2n) is 8.00. The fourth-order valence-corrected chi connectivity index (χ4v) is 4.02. The molecular weight excluding hydrogens is 520 g/mol. The molecule has 0 amide bonds. The first kappa shape index (κ1) is 27.9. The summed E-state index contributed by atoms with van der Waals surface area (Å²) in [7, 11) is 0. The molecule has 1 aromatic carbocycles. The number of nitrogens with zero attached hydrogens (tertiary/aromatic N) is 6. The average molecular weight is 535 g/mol. The molecule has 5 heterocycles. The number of fused-ring (bicyclic) bond motifs is 4. The van der Waals surface area contributed by atoms with Crippen LogP contribution in [0, 0.1) is 0 Å². The minimum Gasteiger partial charge on any atom is -0.542 e. The SMILES string of the molecule is Nc1nc2c(cnn2CCCc2ccc3c(c2)OC(C(=O)[O-])(C(=O)[O-])O3)c2nc(-c3ccco3)nn12.[Na+].[Na+]. The summed E-state index contributed by atoms with van der Waals surface area (Å²) in [5, 5.41) is 32.0. The maximum absolute atomic E-state index is 11.3. The third-order valence-electron chi connectivity index (χ3n) is 5.73. The molecule has 1 aliphatic heterocycles. The van der Waals surface area contributed by atoms with Crippen molar-refractivity contribution in [2.75, 3.05) is 5.73 Å². The van der Waals surface area contributed by atoms with Gasteiger partial charge in [-0.2, -0.15) is 14.6 Å². The normalized spacial score (nSPS) is 13.3. The van der Waals surface area contributed by atoms with Crippen LogP contribution in [0.2, 0.25) is 0 Å². The number of aliphatic carboxylic acids is 2. The van der Waals surface area contributed by atoms with Crippen molar-refractivity contribution in [3.8, 4) is 23.1 Å². The van der Waals surface area contributed by atoms with Crippen LogP contribution >= 0.6 is 0 Å². The number of ether oxygens (including phenoxy) is 2. The second-order valence-corrected chi connectivity index (χ2v) is 8.00. The van der Waals surface area contributed by atoms with E-state index in [9.17, 15) is 19.8 Å². The Morgan fingerprint density at radius 3 is 2.50 bits per heavy atom. The van der Waals surface area contributed by atoms with Gasteiger partial charge in [-0.05, 0) is 42.7 Å². The molecule has 182 valence electrons. The van der Waals surface area contributed by atoms with Gasteiger partial charge in [-0.3, -0.25) is 0 Å². The molecule has 14 nitrogen and oxygen atoms in total. The summed E-state index contributed by atoms with van der Waals surface area (Å²) in [6.45, 7) is 0.474. The fraction of sp³-hybridized carbons (Fsp3) is 0.182. The van der Waals surface area contributed by atoms with E-state index in [2.05, 4.69) is 20.2 Å². The van der Waals surface area contributed by atoms with Gasteiger partial charge < -0.3 is 39.4 Å². The van der Waals surface area contributed by atoms with Crippen LogP contribution in [-0.4, -0.2) is 47.1 Å². The van der Waals surface area contributed by atoms with Gasteiger partial charge in [0.1, 0.15) is 11.9 Å². The largest absolute Gasteiger partial charge is 1.00 e. The average Bonchev–Trinajstić information content (AvgIpc) is 3.63. The van der Waals surface area contributed by atoms with E-state index in [-0.39, 0.29) is 76.6 Å². The third kappa shape index (κ3) is 4.52. The molecule has 0 unspecified atom stereocenters. The van der Waals surface area contributed by atoms with Crippen molar-refractivity contribution in [2.24, 2.45) is 0 Å². The van der Waals surface area contributed by atoms with Crippen LogP contribution < -0.4 is 84.5 Å². The summed E-state index contributed by atoms with van der Waals surface area (Å²) < 4.78 is 18.5. The predicted molar refractivity (Wildman–Crippen MR) is 115 cm³/mol. The monoisotopic (exact) mass is 535 g/mol. The first-order chi connectivity index (χ1) is 17.4. The number of aryl methyl sites for hydroxylation is 2. The van der Waals surface area contributed by atoms with Gasteiger partial charge in [0.2, 0.25) is 11.8 Å². The zero-order valence-electron chi connectivity index (χ0n) is 20.3. The first-order valence-corrected chi connectivity index (χ1v) is 10.7. The zero-order valence-corrected chi connectivity index (χ0v) is 24.3. The number of anilines is 1. The van der Waals surface area contributed by atoms with Crippen LogP contribution in [0.25, 0.3) is 28.3 Å². The number of hydrogen-bond donors (Lipinski definition) is 1. The minimum absolute atomic E-state index is 0. The van der Waals surface area contributed by atoms with Crippen molar-refractivity contribution in [3.05, 3.63) is 48.4 Å². The van der Waals surface area contributed by atoms with E-state index in [4.69, 9.17) is 19.6 Å². The predicted octanol–water partition coefficient (Wildman–Crippen LogP) is -7.08. The number of nitrogen functional groups attached to an aromatic ring is 1. The van der Waals surface area contributed by atoms with E-state index in [0.717, 1.165) is 5.56 Å². The summed E-state index contributed by atoms with van der Waals surface area (Å²) in [6, 6.07) is 8.10. The molecule has 0 spiro atoms. The van der Waals surface area contributed by atoms with Gasteiger partial charge in [0, 0.05) is 6.54 Å². The van der Waals surface area contributed by atoms with Crippen LogP contribution in [0.15, 0.2) is 47.2 Å². The van der Waals surface area contributed by atoms with Crippen LogP contribution in [0.1, 0.15) is 12.0 Å². The Bertz CT molecular complexity index is 1650. The summed E-state index contributed by atoms with van der Waals surface area (Å²) in [5.74, 6) is -6.17. The van der Waals surface area contributed by atoms with Crippen LogP contribution in [0.4, 0.5) is 5.95 Å². The van der Waals surface area contributed by atoms with E-state index in [1.165, 1.54) is 22.9 Å². The Morgan fingerprint density at radius 1 is 1.03 bits per heavy atom. The van der Waals surface area contributed by atoms with E-state index in [1.54, 1.807) is 29.1 Å². The van der Waals surface area contributed by atoms with Gasteiger partial charge in [0.15, 0.2) is 28.6 Å². The number of carboxylic acids is 2. The quantitative estimate of drug-likeness (QED) is 0.153. The van der Waals surface area contributed by atoms with Crippen LogP contribution in [0.3, 0.4) is 0 Å². The van der Waals surface area contributed by atoms with E-state index >= 15 is 0 Å². The number of carboxylic acid groups (broad SMARTS) is 2. The molecule has 38 heavy (non-hydrogen) atoms. The molecule has 5 aromatic rings. The molecule has 2 N–H and O–H groups in total. The van der Waals surface area contributed by atoms with Gasteiger partial charge in [-0.1, -0.05) is 6.07 Å². The Hall–Kier alpha value is -3.14. The molecule has 0 saturated carbocycles. The maximum Gasteiger partial charge on any atom is 1.00 e. The van der Waals surface area contributed by atoms with Crippen molar-refractivity contribution in [3.63, 3.8) is 0 Å². The molecule has 0 bridgehead atoms. The molecule has 0 fully saturated rings. The van der Waals surface area contributed by atoms with Crippen molar-refractivity contribution >= 4 is 34.6 Å². The van der Waals surface area contributed by atoms with Crippen molar-refractivity contribution in [1.82, 2.24) is 29.4 Å². The standard InChI is InChI=1S/C22H17N7O7.2Na/c23-21-26-17-12(18-25-16(27-29(18)21)14-4-2-8-34-14)10-24-28(17)7-1-3-11-5-6-13-15(9-11)36-22(35-13,19(30)31)20(32)33;;/h2,4-6,8-10H,1,3,7H2,(H2,23,26)(H,30,31)(H,32,33);;/q;2*+1/p-2.